The van der Waals surface area contributed by atoms with Crippen LogP contribution in [0.15, 0.2) is 42.6 Å². The molecule has 1 unspecified atom stereocenters. The Balaban J connectivity index is 1.54. The molecule has 2 fully saturated rings. The van der Waals surface area contributed by atoms with Crippen LogP contribution in [0.5, 0.6) is 0 Å². The number of benzene rings is 2. The van der Waals surface area contributed by atoms with Crippen molar-refractivity contribution in [2.24, 2.45) is 0 Å². The number of fused-ring (bicyclic) bond motifs is 1. The van der Waals surface area contributed by atoms with E-state index in [9.17, 15) is 9.18 Å². The van der Waals surface area contributed by atoms with Gasteiger partial charge in [-0.25, -0.2) is 9.37 Å². The summed E-state index contributed by atoms with van der Waals surface area (Å²) in [7, 11) is 0. The summed E-state index contributed by atoms with van der Waals surface area (Å²) in [6.45, 7) is 6.97. The standard InChI is InChI=1S/C25H28FN5O3/c1-17(28-20-4-2-3-19(26)15-20)21-13-18(25(32)31-7-11-34-12-8-31)14-22-24(21)29-23(16-27-22)30-5-9-33-10-6-30/h2-4,13-17,28H,5-12H2,1H3. The van der Waals surface area contributed by atoms with Crippen molar-refractivity contribution < 1.29 is 18.7 Å². The van der Waals surface area contributed by atoms with E-state index in [1.165, 1.54) is 12.1 Å². The van der Waals surface area contributed by atoms with Crippen LogP contribution in [-0.2, 0) is 9.47 Å². The molecule has 1 N–H and O–H groups in total. The highest BCUT2D eigenvalue weighted by Gasteiger charge is 2.23. The van der Waals surface area contributed by atoms with Gasteiger partial charge in [-0.05, 0) is 37.3 Å². The molecule has 9 heteroatoms. The van der Waals surface area contributed by atoms with Crippen molar-refractivity contribution in [2.45, 2.75) is 13.0 Å². The van der Waals surface area contributed by atoms with E-state index >= 15 is 0 Å². The van der Waals surface area contributed by atoms with E-state index in [2.05, 4.69) is 15.2 Å². The molecule has 2 saturated heterocycles. The minimum absolute atomic E-state index is 0.0524. The lowest BCUT2D eigenvalue weighted by molar-refractivity contribution is 0.0303. The fourth-order valence-electron chi connectivity index (χ4n) is 4.39. The van der Waals surface area contributed by atoms with Gasteiger partial charge in [0.25, 0.3) is 5.91 Å². The predicted molar refractivity (Wildman–Crippen MR) is 128 cm³/mol. The molecule has 0 aliphatic carbocycles. The van der Waals surface area contributed by atoms with Gasteiger partial charge in [-0.15, -0.1) is 0 Å². The smallest absolute Gasteiger partial charge is 0.254 e. The first-order chi connectivity index (χ1) is 16.6. The van der Waals surface area contributed by atoms with Gasteiger partial charge in [-0.1, -0.05) is 6.07 Å². The van der Waals surface area contributed by atoms with Gasteiger partial charge in [-0.2, -0.15) is 0 Å². The molecule has 2 aliphatic rings. The van der Waals surface area contributed by atoms with E-state index in [0.717, 1.165) is 30.0 Å². The van der Waals surface area contributed by atoms with Gasteiger partial charge in [0.05, 0.1) is 49.7 Å². The number of anilines is 2. The SMILES string of the molecule is CC(Nc1cccc(F)c1)c1cc(C(=O)N2CCOCC2)cc2ncc(N3CCOCC3)nc12. The van der Waals surface area contributed by atoms with Crippen LogP contribution in [0.4, 0.5) is 15.9 Å². The zero-order chi connectivity index (χ0) is 23.5. The Kier molecular flexibility index (Phi) is 6.55. The number of hydrogen-bond acceptors (Lipinski definition) is 7. The lowest BCUT2D eigenvalue weighted by Crippen LogP contribution is -2.40. The number of rotatable bonds is 5. The number of carbonyl (C=O) groups is 1. The third-order valence-corrected chi connectivity index (χ3v) is 6.22. The number of nitrogens with one attached hydrogen (secondary N) is 1. The first kappa shape index (κ1) is 22.5. The maximum atomic E-state index is 13.8. The third-order valence-electron chi connectivity index (χ3n) is 6.22. The molecule has 5 rings (SSSR count). The number of halogens is 1. The van der Waals surface area contributed by atoms with Gasteiger partial charge in [0.2, 0.25) is 0 Å². The minimum Gasteiger partial charge on any atom is -0.378 e. The second-order valence-corrected chi connectivity index (χ2v) is 8.54. The molecule has 1 amide bonds. The van der Waals surface area contributed by atoms with Gasteiger partial charge in [-0.3, -0.25) is 9.78 Å². The molecule has 3 heterocycles. The molecular weight excluding hydrogens is 437 g/mol. The zero-order valence-corrected chi connectivity index (χ0v) is 19.2. The summed E-state index contributed by atoms with van der Waals surface area (Å²) in [5.41, 5.74) is 3.42. The van der Waals surface area contributed by atoms with Gasteiger partial charge in [0.15, 0.2) is 0 Å². The van der Waals surface area contributed by atoms with Crippen molar-refractivity contribution in [1.82, 2.24) is 14.9 Å². The molecule has 2 aliphatic heterocycles. The van der Waals surface area contributed by atoms with Crippen LogP contribution in [0.25, 0.3) is 11.0 Å². The predicted octanol–water partition coefficient (Wildman–Crippen LogP) is 3.25. The molecule has 0 saturated carbocycles. The number of morpholine rings is 2. The number of hydrogen-bond donors (Lipinski definition) is 1. The monoisotopic (exact) mass is 465 g/mol. The van der Waals surface area contributed by atoms with Crippen molar-refractivity contribution in [2.75, 3.05) is 62.8 Å². The number of nitrogens with zero attached hydrogens (tertiary/aromatic N) is 4. The Morgan fingerprint density at radius 1 is 1.06 bits per heavy atom. The molecule has 0 radical (unpaired) electrons. The molecule has 1 aromatic heterocycles. The van der Waals surface area contributed by atoms with Crippen molar-refractivity contribution in [3.63, 3.8) is 0 Å². The van der Waals surface area contributed by atoms with E-state index < -0.39 is 0 Å². The number of ether oxygens (including phenoxy) is 2. The summed E-state index contributed by atoms with van der Waals surface area (Å²) in [6.07, 6.45) is 1.76. The Labute approximate surface area is 197 Å². The van der Waals surface area contributed by atoms with Gasteiger partial charge in [0, 0.05) is 43.0 Å². The van der Waals surface area contributed by atoms with E-state index in [0.29, 0.717) is 56.3 Å². The van der Waals surface area contributed by atoms with Crippen molar-refractivity contribution in [3.8, 4) is 0 Å². The highest BCUT2D eigenvalue weighted by molar-refractivity contribution is 5.98. The largest absolute Gasteiger partial charge is 0.378 e. The van der Waals surface area contributed by atoms with Gasteiger partial charge >= 0.3 is 0 Å². The lowest BCUT2D eigenvalue weighted by Gasteiger charge is -2.28. The normalized spacial score (nSPS) is 17.6. The van der Waals surface area contributed by atoms with E-state index in [1.807, 2.05) is 25.1 Å². The molecule has 0 spiro atoms. The zero-order valence-electron chi connectivity index (χ0n) is 19.2. The summed E-state index contributed by atoms with van der Waals surface area (Å²) < 4.78 is 24.6. The van der Waals surface area contributed by atoms with Crippen LogP contribution < -0.4 is 10.2 Å². The Bertz CT molecular complexity index is 1180. The Hall–Kier alpha value is -3.30. The van der Waals surface area contributed by atoms with Crippen molar-refractivity contribution >= 4 is 28.4 Å². The lowest BCUT2D eigenvalue weighted by atomic mass is 10.0. The molecule has 3 aromatic rings. The van der Waals surface area contributed by atoms with E-state index in [4.69, 9.17) is 14.5 Å². The maximum Gasteiger partial charge on any atom is 0.254 e. The summed E-state index contributed by atoms with van der Waals surface area (Å²) in [5.74, 6) is 0.415. The number of amides is 1. The molecule has 0 bridgehead atoms. The van der Waals surface area contributed by atoms with Crippen molar-refractivity contribution in [1.29, 1.82) is 0 Å². The Morgan fingerprint density at radius 2 is 1.79 bits per heavy atom. The summed E-state index contributed by atoms with van der Waals surface area (Å²) in [5, 5.41) is 3.35. The maximum absolute atomic E-state index is 13.8. The highest BCUT2D eigenvalue weighted by Crippen LogP contribution is 2.29. The topological polar surface area (TPSA) is 79.8 Å². The molecule has 1 atom stereocenters. The molecule has 34 heavy (non-hydrogen) atoms. The third kappa shape index (κ3) is 4.80. The molecular formula is C25H28FN5O3. The highest BCUT2D eigenvalue weighted by atomic mass is 19.1. The molecule has 178 valence electrons. The van der Waals surface area contributed by atoms with Crippen LogP contribution in [0, 0.1) is 5.82 Å². The quantitative estimate of drug-likeness (QED) is 0.620. The van der Waals surface area contributed by atoms with E-state index in [1.54, 1.807) is 17.2 Å². The number of carbonyl (C=O) groups excluding carboxylic acids is 1. The van der Waals surface area contributed by atoms with Crippen LogP contribution in [0.3, 0.4) is 0 Å². The summed E-state index contributed by atoms with van der Waals surface area (Å²) >= 11 is 0. The van der Waals surface area contributed by atoms with Gasteiger partial charge < -0.3 is 24.6 Å². The molecule has 8 nitrogen and oxygen atoms in total. The van der Waals surface area contributed by atoms with Crippen LogP contribution >= 0.6 is 0 Å². The van der Waals surface area contributed by atoms with Crippen LogP contribution in [0.1, 0.15) is 28.9 Å². The second-order valence-electron chi connectivity index (χ2n) is 8.54. The minimum atomic E-state index is -0.312. The fraction of sp³-hybridized carbons (Fsp3) is 0.400. The average molecular weight is 466 g/mol. The first-order valence-electron chi connectivity index (χ1n) is 11.6. The summed E-state index contributed by atoms with van der Waals surface area (Å²) in [6, 6.07) is 9.79. The van der Waals surface area contributed by atoms with Crippen LogP contribution in [0.2, 0.25) is 0 Å². The van der Waals surface area contributed by atoms with Crippen molar-refractivity contribution in [3.05, 3.63) is 59.5 Å². The summed E-state index contributed by atoms with van der Waals surface area (Å²) in [4.78, 5) is 26.8. The van der Waals surface area contributed by atoms with Crippen LogP contribution in [-0.4, -0.2) is 73.4 Å². The van der Waals surface area contributed by atoms with Gasteiger partial charge in [0.1, 0.15) is 11.6 Å². The number of aromatic nitrogens is 2. The Morgan fingerprint density at radius 3 is 2.53 bits per heavy atom. The fourth-order valence-corrected chi connectivity index (χ4v) is 4.39. The first-order valence-corrected chi connectivity index (χ1v) is 11.6. The van der Waals surface area contributed by atoms with E-state index in [-0.39, 0.29) is 17.8 Å². The molecule has 2 aromatic carbocycles. The average Bonchev–Trinajstić information content (AvgIpc) is 2.88. The second kappa shape index (κ2) is 9.90.